The van der Waals surface area contributed by atoms with Gasteiger partial charge in [0, 0.05) is 50.5 Å². The lowest BCUT2D eigenvalue weighted by Gasteiger charge is -2.47. The quantitative estimate of drug-likeness (QED) is 0.874. The number of hydrogen-bond acceptors (Lipinski definition) is 4. The van der Waals surface area contributed by atoms with Gasteiger partial charge in [0.15, 0.2) is 0 Å². The Balaban J connectivity index is 2.00. The van der Waals surface area contributed by atoms with E-state index < -0.39 is 0 Å². The SMILES string of the molecule is CCC(CN)(COC)N1CCN(c2ccc(Cl)cc2)CC1. The van der Waals surface area contributed by atoms with Crippen molar-refractivity contribution >= 4 is 17.3 Å². The number of anilines is 1. The van der Waals surface area contributed by atoms with E-state index in [1.807, 2.05) is 12.1 Å². The standard InChI is InChI=1S/C16H26ClN3O/c1-3-16(12-18,13-21-2)20-10-8-19(9-11-20)15-6-4-14(17)5-7-15/h4-7H,3,8-13,18H2,1-2H3. The summed E-state index contributed by atoms with van der Waals surface area (Å²) in [5, 5.41) is 0.783. The van der Waals surface area contributed by atoms with Gasteiger partial charge in [-0.25, -0.2) is 0 Å². The molecule has 2 rings (SSSR count). The normalized spacial score (nSPS) is 19.5. The highest BCUT2D eigenvalue weighted by molar-refractivity contribution is 6.30. The van der Waals surface area contributed by atoms with E-state index in [-0.39, 0.29) is 5.54 Å². The van der Waals surface area contributed by atoms with E-state index in [1.54, 1.807) is 7.11 Å². The van der Waals surface area contributed by atoms with Gasteiger partial charge in [-0.05, 0) is 30.7 Å². The van der Waals surface area contributed by atoms with Crippen LogP contribution in [0.1, 0.15) is 13.3 Å². The van der Waals surface area contributed by atoms with Gasteiger partial charge in [-0.15, -0.1) is 0 Å². The Morgan fingerprint density at radius 1 is 1.19 bits per heavy atom. The van der Waals surface area contributed by atoms with Crippen molar-refractivity contribution in [1.82, 2.24) is 4.90 Å². The van der Waals surface area contributed by atoms with Crippen molar-refractivity contribution in [2.24, 2.45) is 5.73 Å². The van der Waals surface area contributed by atoms with E-state index in [9.17, 15) is 0 Å². The van der Waals surface area contributed by atoms with Gasteiger partial charge in [-0.2, -0.15) is 0 Å². The molecule has 2 N–H and O–H groups in total. The third-order valence-corrected chi connectivity index (χ3v) is 4.85. The molecule has 0 aliphatic carbocycles. The van der Waals surface area contributed by atoms with E-state index in [2.05, 4.69) is 28.9 Å². The third kappa shape index (κ3) is 3.69. The van der Waals surface area contributed by atoms with Crippen molar-refractivity contribution in [2.75, 3.05) is 51.3 Å². The van der Waals surface area contributed by atoms with Crippen LogP contribution in [0.4, 0.5) is 5.69 Å². The minimum absolute atomic E-state index is 0.0269. The summed E-state index contributed by atoms with van der Waals surface area (Å²) in [4.78, 5) is 4.89. The number of hydrogen-bond donors (Lipinski definition) is 1. The maximum Gasteiger partial charge on any atom is 0.0658 e. The van der Waals surface area contributed by atoms with Gasteiger partial charge in [-0.1, -0.05) is 18.5 Å². The van der Waals surface area contributed by atoms with Crippen LogP contribution in [0.3, 0.4) is 0 Å². The summed E-state index contributed by atoms with van der Waals surface area (Å²) in [5.41, 5.74) is 7.26. The second-order valence-corrected chi connectivity index (χ2v) is 6.10. The number of rotatable bonds is 6. The zero-order valence-corrected chi connectivity index (χ0v) is 13.8. The summed E-state index contributed by atoms with van der Waals surface area (Å²) < 4.78 is 5.42. The van der Waals surface area contributed by atoms with Gasteiger partial charge in [0.25, 0.3) is 0 Å². The summed E-state index contributed by atoms with van der Waals surface area (Å²) in [6.45, 7) is 7.56. The number of piperazine rings is 1. The summed E-state index contributed by atoms with van der Waals surface area (Å²) in [6.07, 6.45) is 1.01. The maximum atomic E-state index is 6.05. The predicted octanol–water partition coefficient (Wildman–Crippen LogP) is 2.22. The minimum atomic E-state index is -0.0269. The van der Waals surface area contributed by atoms with Gasteiger partial charge in [0.1, 0.15) is 0 Å². The molecule has 0 amide bonds. The topological polar surface area (TPSA) is 41.7 Å². The van der Waals surface area contributed by atoms with Crippen LogP contribution in [0.5, 0.6) is 0 Å². The Labute approximate surface area is 132 Å². The molecule has 0 radical (unpaired) electrons. The van der Waals surface area contributed by atoms with Crippen molar-refractivity contribution in [3.63, 3.8) is 0 Å². The molecule has 118 valence electrons. The molecule has 4 nitrogen and oxygen atoms in total. The molecule has 21 heavy (non-hydrogen) atoms. The Morgan fingerprint density at radius 2 is 1.81 bits per heavy atom. The summed E-state index contributed by atoms with van der Waals surface area (Å²) >= 11 is 5.95. The zero-order valence-electron chi connectivity index (χ0n) is 13.0. The first kappa shape index (κ1) is 16.6. The number of halogens is 1. The number of nitrogens with zero attached hydrogens (tertiary/aromatic N) is 2. The van der Waals surface area contributed by atoms with Crippen molar-refractivity contribution in [3.8, 4) is 0 Å². The molecule has 0 spiro atoms. The van der Waals surface area contributed by atoms with Crippen LogP contribution >= 0.6 is 11.6 Å². The molecule has 1 fully saturated rings. The molecule has 0 saturated carbocycles. The van der Waals surface area contributed by atoms with Crippen LogP contribution in [-0.4, -0.2) is 56.9 Å². The molecule has 1 atom stereocenters. The average molecular weight is 312 g/mol. The molecule has 0 aromatic heterocycles. The van der Waals surface area contributed by atoms with Crippen LogP contribution in [0.25, 0.3) is 0 Å². The second-order valence-electron chi connectivity index (χ2n) is 5.67. The molecule has 1 heterocycles. The van der Waals surface area contributed by atoms with Crippen LogP contribution in [0, 0.1) is 0 Å². The van der Waals surface area contributed by atoms with Gasteiger partial charge in [0.2, 0.25) is 0 Å². The minimum Gasteiger partial charge on any atom is -0.383 e. The van der Waals surface area contributed by atoms with E-state index in [0.717, 1.165) is 37.6 Å². The lowest BCUT2D eigenvalue weighted by molar-refractivity contribution is 0.00856. The number of nitrogens with two attached hydrogens (primary N) is 1. The van der Waals surface area contributed by atoms with Crippen molar-refractivity contribution in [2.45, 2.75) is 18.9 Å². The summed E-state index contributed by atoms with van der Waals surface area (Å²) in [6, 6.07) is 8.07. The Hall–Kier alpha value is -0.810. The van der Waals surface area contributed by atoms with E-state index in [0.29, 0.717) is 13.2 Å². The van der Waals surface area contributed by atoms with E-state index in [4.69, 9.17) is 22.1 Å². The Kier molecular flexibility index (Phi) is 5.88. The van der Waals surface area contributed by atoms with Crippen LogP contribution < -0.4 is 10.6 Å². The highest BCUT2D eigenvalue weighted by Crippen LogP contribution is 2.24. The zero-order chi connectivity index (χ0) is 15.3. The molecule has 1 aliphatic rings. The number of ether oxygens (including phenoxy) is 1. The fourth-order valence-electron chi connectivity index (χ4n) is 3.11. The molecular formula is C16H26ClN3O. The van der Waals surface area contributed by atoms with Crippen molar-refractivity contribution < 1.29 is 4.74 Å². The monoisotopic (exact) mass is 311 g/mol. The molecule has 1 aromatic rings. The number of methoxy groups -OCH3 is 1. The highest BCUT2D eigenvalue weighted by Gasteiger charge is 2.35. The molecule has 1 unspecified atom stereocenters. The molecule has 5 heteroatoms. The first-order valence-corrected chi connectivity index (χ1v) is 7.97. The molecule has 1 saturated heterocycles. The largest absolute Gasteiger partial charge is 0.383 e. The lowest BCUT2D eigenvalue weighted by Crippen LogP contribution is -2.62. The van der Waals surface area contributed by atoms with Gasteiger partial charge in [0.05, 0.1) is 12.1 Å². The van der Waals surface area contributed by atoms with Crippen molar-refractivity contribution in [3.05, 3.63) is 29.3 Å². The second kappa shape index (κ2) is 7.45. The van der Waals surface area contributed by atoms with E-state index in [1.165, 1.54) is 5.69 Å². The average Bonchev–Trinajstić information content (AvgIpc) is 2.54. The molecule has 1 aromatic carbocycles. The smallest absolute Gasteiger partial charge is 0.0658 e. The summed E-state index contributed by atoms with van der Waals surface area (Å²) in [5.74, 6) is 0. The third-order valence-electron chi connectivity index (χ3n) is 4.59. The predicted molar refractivity (Wildman–Crippen MR) is 89.2 cm³/mol. The van der Waals surface area contributed by atoms with Gasteiger partial charge < -0.3 is 15.4 Å². The van der Waals surface area contributed by atoms with Gasteiger partial charge >= 0.3 is 0 Å². The van der Waals surface area contributed by atoms with Crippen LogP contribution in [0.2, 0.25) is 5.02 Å². The van der Waals surface area contributed by atoms with Crippen molar-refractivity contribution in [1.29, 1.82) is 0 Å². The fraction of sp³-hybridized carbons (Fsp3) is 0.625. The highest BCUT2D eigenvalue weighted by atomic mass is 35.5. The molecular weight excluding hydrogens is 286 g/mol. The Bertz CT molecular complexity index is 426. The first-order chi connectivity index (χ1) is 10.1. The maximum absolute atomic E-state index is 6.05. The van der Waals surface area contributed by atoms with Crippen LogP contribution in [0.15, 0.2) is 24.3 Å². The first-order valence-electron chi connectivity index (χ1n) is 7.60. The van der Waals surface area contributed by atoms with Crippen LogP contribution in [-0.2, 0) is 4.74 Å². The molecule has 0 bridgehead atoms. The number of benzene rings is 1. The Morgan fingerprint density at radius 3 is 2.29 bits per heavy atom. The van der Waals surface area contributed by atoms with Gasteiger partial charge in [-0.3, -0.25) is 4.90 Å². The molecule has 1 aliphatic heterocycles. The van der Waals surface area contributed by atoms with E-state index >= 15 is 0 Å². The summed E-state index contributed by atoms with van der Waals surface area (Å²) in [7, 11) is 1.75. The fourth-order valence-corrected chi connectivity index (χ4v) is 3.23. The lowest BCUT2D eigenvalue weighted by atomic mass is 9.93.